The summed E-state index contributed by atoms with van der Waals surface area (Å²) in [6, 6.07) is 1.49. The molecule has 4 rings (SSSR count). The van der Waals surface area contributed by atoms with E-state index in [1.54, 1.807) is 11.9 Å². The van der Waals surface area contributed by atoms with Gasteiger partial charge in [-0.05, 0) is 68.1 Å². The number of nitrogens with zero attached hydrogens (tertiary/aromatic N) is 3. The number of ether oxygens (including phenoxy) is 1. The lowest BCUT2D eigenvalue weighted by Gasteiger charge is -2.44. The van der Waals surface area contributed by atoms with Crippen molar-refractivity contribution in [2.75, 3.05) is 26.1 Å². The lowest BCUT2D eigenvalue weighted by Crippen LogP contribution is -2.55. The number of thiophene rings is 1. The second-order valence-corrected chi connectivity index (χ2v) is 11.5. The summed E-state index contributed by atoms with van der Waals surface area (Å²) in [5.74, 6) is 0.0171. The van der Waals surface area contributed by atoms with Crippen molar-refractivity contribution in [3.63, 3.8) is 0 Å². The number of methoxy groups -OCH3 is 1. The topological polar surface area (TPSA) is 87.2 Å². The van der Waals surface area contributed by atoms with E-state index in [-0.39, 0.29) is 29.8 Å². The van der Waals surface area contributed by atoms with Crippen molar-refractivity contribution in [3.8, 4) is 0 Å². The molecule has 3 aliphatic rings. The molecule has 3 fully saturated rings. The second kappa shape index (κ2) is 9.36. The van der Waals surface area contributed by atoms with Gasteiger partial charge in [-0.3, -0.25) is 14.5 Å². The zero-order chi connectivity index (χ0) is 24.8. The van der Waals surface area contributed by atoms with E-state index < -0.39 is 11.5 Å². The van der Waals surface area contributed by atoms with Crippen LogP contribution >= 0.6 is 11.3 Å². The Morgan fingerprint density at radius 3 is 2.26 bits per heavy atom. The minimum Gasteiger partial charge on any atom is -0.465 e. The number of imide groups is 1. The van der Waals surface area contributed by atoms with E-state index in [9.17, 15) is 19.2 Å². The molecule has 1 spiro atoms. The van der Waals surface area contributed by atoms with Crippen LogP contribution in [-0.4, -0.2) is 74.2 Å². The summed E-state index contributed by atoms with van der Waals surface area (Å²) in [5, 5.41) is 0. The summed E-state index contributed by atoms with van der Waals surface area (Å²) in [6.07, 6.45) is 5.91. The molecule has 0 radical (unpaired) electrons. The Kier molecular flexibility index (Phi) is 6.81. The van der Waals surface area contributed by atoms with Gasteiger partial charge in [-0.25, -0.2) is 9.59 Å². The zero-order valence-corrected chi connectivity index (χ0v) is 21.6. The third-order valence-electron chi connectivity index (χ3n) is 8.13. The van der Waals surface area contributed by atoms with Crippen molar-refractivity contribution >= 4 is 53.5 Å². The average Bonchev–Trinajstić information content (AvgIpc) is 3.29. The van der Waals surface area contributed by atoms with Gasteiger partial charge in [0.25, 0.3) is 5.91 Å². The lowest BCUT2D eigenvalue weighted by molar-refractivity contribution is -0.133. The van der Waals surface area contributed by atoms with Gasteiger partial charge in [0.05, 0.1) is 12.8 Å². The van der Waals surface area contributed by atoms with E-state index in [4.69, 9.17) is 4.74 Å². The maximum absolute atomic E-state index is 14.0. The number of rotatable bonds is 4. The minimum absolute atomic E-state index is 0.0649. The van der Waals surface area contributed by atoms with Crippen molar-refractivity contribution < 1.29 is 23.9 Å². The molecular weight excluding hydrogens is 453 g/mol. The van der Waals surface area contributed by atoms with Crippen LogP contribution < -0.4 is 9.68 Å². The molecule has 1 aliphatic heterocycles. The molecule has 2 saturated carbocycles. The zero-order valence-electron chi connectivity index (χ0n) is 20.8. The van der Waals surface area contributed by atoms with Crippen LogP contribution in [0.1, 0.15) is 68.0 Å². The molecule has 2 heterocycles. The number of likely N-dealkylation sites (N-methyl/N-ethyl adjacent to an activating group) is 2. The smallest absolute Gasteiger partial charge is 0.350 e. The number of carbonyl (C=O) groups is 4. The van der Waals surface area contributed by atoms with E-state index in [0.717, 1.165) is 30.5 Å². The number of amides is 4. The summed E-state index contributed by atoms with van der Waals surface area (Å²) < 4.78 is 5.97. The molecule has 1 aromatic rings. The number of anilines is 1. The lowest BCUT2D eigenvalue weighted by atomic mass is 9.77. The van der Waals surface area contributed by atoms with Crippen LogP contribution in [0.25, 0.3) is 0 Å². The first-order valence-corrected chi connectivity index (χ1v) is 13.0. The number of hydrogen-bond donors (Lipinski definition) is 0. The molecule has 0 aromatic carbocycles. The quantitative estimate of drug-likeness (QED) is 0.369. The Labute approximate surface area is 206 Å². The fraction of sp³-hybridized carbons (Fsp3) is 0.667. The van der Waals surface area contributed by atoms with E-state index in [0.29, 0.717) is 42.2 Å². The Morgan fingerprint density at radius 1 is 1.12 bits per heavy atom. The van der Waals surface area contributed by atoms with Gasteiger partial charge in [0.1, 0.15) is 10.4 Å². The first-order chi connectivity index (χ1) is 16.1. The Hall–Kier alpha value is -2.36. The molecule has 1 aromatic heterocycles. The number of urea groups is 1. The highest BCUT2D eigenvalue weighted by Crippen LogP contribution is 2.43. The third kappa shape index (κ3) is 4.03. The summed E-state index contributed by atoms with van der Waals surface area (Å²) in [5.41, 5.74) is -0.217. The maximum atomic E-state index is 14.0. The number of hydrogen-bond acceptors (Lipinski definition) is 6. The first kappa shape index (κ1) is 24.8. The predicted molar refractivity (Wildman–Crippen MR) is 133 cm³/mol. The molecule has 1 saturated heterocycles. The monoisotopic (exact) mass is 487 g/mol. The summed E-state index contributed by atoms with van der Waals surface area (Å²) in [7, 11) is 6.50. The molecule has 0 N–H and O–H groups in total. The highest BCUT2D eigenvalue weighted by atomic mass is 32.1. The molecule has 8 nitrogen and oxygen atoms in total. The van der Waals surface area contributed by atoms with Crippen LogP contribution in [0.5, 0.6) is 0 Å². The Morgan fingerprint density at radius 2 is 1.74 bits per heavy atom. The molecule has 0 bridgehead atoms. The van der Waals surface area contributed by atoms with E-state index >= 15 is 0 Å². The first-order valence-electron chi connectivity index (χ1n) is 12.2. The standard InChI is InChI=1S/C24H34BN3O5S/c1-14-5-7-15(8-6-14)20(29)28(17-13-18(25)34-19(17)21(30)33-4)16-9-11-24(12-10-16)22(31)26(2)23(32)27(24)3/h13-16H,5-12,25H2,1-4H3. The van der Waals surface area contributed by atoms with Gasteiger partial charge >= 0.3 is 12.0 Å². The van der Waals surface area contributed by atoms with E-state index in [2.05, 4.69) is 6.92 Å². The van der Waals surface area contributed by atoms with Gasteiger partial charge in [0, 0.05) is 26.1 Å². The fourth-order valence-corrected chi connectivity index (χ4v) is 6.88. The number of esters is 1. The van der Waals surface area contributed by atoms with Crippen molar-refractivity contribution in [2.24, 2.45) is 11.8 Å². The molecule has 4 amide bonds. The molecule has 184 valence electrons. The average molecular weight is 487 g/mol. The van der Waals surface area contributed by atoms with Crippen LogP contribution in [0.2, 0.25) is 0 Å². The Balaban J connectivity index is 1.65. The molecule has 34 heavy (non-hydrogen) atoms. The summed E-state index contributed by atoms with van der Waals surface area (Å²) >= 11 is 1.34. The molecule has 0 unspecified atom stereocenters. The maximum Gasteiger partial charge on any atom is 0.350 e. The van der Waals surface area contributed by atoms with Crippen LogP contribution in [0.3, 0.4) is 0 Å². The molecule has 10 heteroatoms. The van der Waals surface area contributed by atoms with Gasteiger partial charge in [-0.15, -0.1) is 11.3 Å². The second-order valence-electron chi connectivity index (χ2n) is 10.2. The number of carbonyl (C=O) groups excluding carboxylic acids is 4. The van der Waals surface area contributed by atoms with Crippen LogP contribution in [0.15, 0.2) is 6.07 Å². The van der Waals surface area contributed by atoms with Crippen LogP contribution in [0.4, 0.5) is 10.5 Å². The summed E-state index contributed by atoms with van der Waals surface area (Å²) in [4.78, 5) is 57.0. The van der Waals surface area contributed by atoms with Gasteiger partial charge < -0.3 is 14.5 Å². The van der Waals surface area contributed by atoms with E-state index in [1.807, 2.05) is 18.8 Å². The van der Waals surface area contributed by atoms with Gasteiger partial charge in [0.15, 0.2) is 7.85 Å². The Bertz CT molecular complexity index is 995. The van der Waals surface area contributed by atoms with Crippen LogP contribution in [-0.2, 0) is 14.3 Å². The normalized spacial score (nSPS) is 29.6. The minimum atomic E-state index is -0.840. The van der Waals surface area contributed by atoms with Gasteiger partial charge in [-0.2, -0.15) is 0 Å². The SMILES string of the molecule is Bc1cc(N(C(=O)C2CCC(C)CC2)C2CCC3(CC2)C(=O)N(C)C(=O)N3C)c(C(=O)OC)s1. The fourth-order valence-electron chi connectivity index (χ4n) is 5.96. The molecule has 0 atom stereocenters. The van der Waals surface area contributed by atoms with E-state index in [1.165, 1.54) is 30.4 Å². The van der Waals surface area contributed by atoms with Gasteiger partial charge in [0.2, 0.25) is 5.91 Å². The molecular formula is C24H34BN3O5S. The highest BCUT2D eigenvalue weighted by Gasteiger charge is 2.56. The largest absolute Gasteiger partial charge is 0.465 e. The van der Waals surface area contributed by atoms with Crippen molar-refractivity contribution in [1.82, 2.24) is 9.80 Å². The van der Waals surface area contributed by atoms with Crippen molar-refractivity contribution in [3.05, 3.63) is 10.9 Å². The van der Waals surface area contributed by atoms with Crippen molar-refractivity contribution in [2.45, 2.75) is 69.9 Å². The predicted octanol–water partition coefficient (Wildman–Crippen LogP) is 2.16. The third-order valence-corrected chi connectivity index (χ3v) is 9.15. The summed E-state index contributed by atoms with van der Waals surface area (Å²) in [6.45, 7) is 2.23. The molecule has 2 aliphatic carbocycles. The van der Waals surface area contributed by atoms with Gasteiger partial charge in [-0.1, -0.05) is 6.92 Å². The highest BCUT2D eigenvalue weighted by molar-refractivity contribution is 7.22. The van der Waals surface area contributed by atoms with Crippen molar-refractivity contribution in [1.29, 1.82) is 0 Å². The van der Waals surface area contributed by atoms with Crippen LogP contribution in [0, 0.1) is 11.8 Å².